The maximum Gasteiger partial charge on any atom is 0.0717 e. The Labute approximate surface area is 98.0 Å². The van der Waals surface area contributed by atoms with Gasteiger partial charge in [-0.15, -0.1) is 0 Å². The minimum atomic E-state index is 0.399. The first-order valence-electron chi connectivity index (χ1n) is 6.15. The van der Waals surface area contributed by atoms with Gasteiger partial charge in [-0.2, -0.15) is 0 Å². The molecular formula is C14H21NO. The highest BCUT2D eigenvalue weighted by Gasteiger charge is 2.30. The summed E-state index contributed by atoms with van der Waals surface area (Å²) in [4.78, 5) is 0. The normalized spacial score (nSPS) is 18.1. The van der Waals surface area contributed by atoms with Gasteiger partial charge in [-0.05, 0) is 31.7 Å². The van der Waals surface area contributed by atoms with Crippen LogP contribution in [0.4, 0.5) is 0 Å². The smallest absolute Gasteiger partial charge is 0.0717 e. The van der Waals surface area contributed by atoms with Crippen LogP contribution in [0.2, 0.25) is 0 Å². The molecule has 2 heteroatoms. The molecule has 0 aromatic heterocycles. The molecule has 0 bridgehead atoms. The average Bonchev–Trinajstić information content (AvgIpc) is 2.28. The molecule has 0 amide bonds. The van der Waals surface area contributed by atoms with E-state index >= 15 is 0 Å². The molecule has 0 saturated heterocycles. The lowest BCUT2D eigenvalue weighted by atomic mass is 9.78. The second kappa shape index (κ2) is 5.46. The molecule has 1 aromatic rings. The first kappa shape index (κ1) is 11.6. The van der Waals surface area contributed by atoms with Crippen molar-refractivity contribution >= 4 is 0 Å². The molecule has 0 spiro atoms. The van der Waals surface area contributed by atoms with E-state index in [1.807, 2.05) is 18.2 Å². The zero-order chi connectivity index (χ0) is 11.3. The van der Waals surface area contributed by atoms with Crippen LogP contribution in [0.25, 0.3) is 0 Å². The molecule has 0 aliphatic heterocycles. The number of hydrogen-bond donors (Lipinski definition) is 1. The molecule has 0 atom stereocenters. The average molecular weight is 219 g/mol. The third kappa shape index (κ3) is 3.32. The summed E-state index contributed by atoms with van der Waals surface area (Å²) in [5.74, 6) is 0. The SMILES string of the molecule is CC1(NCCOCc2ccccc2)CCC1. The van der Waals surface area contributed by atoms with Crippen LogP contribution >= 0.6 is 0 Å². The minimum Gasteiger partial charge on any atom is -0.375 e. The monoisotopic (exact) mass is 219 g/mol. The second-order valence-electron chi connectivity index (χ2n) is 4.88. The Hall–Kier alpha value is -0.860. The first-order valence-corrected chi connectivity index (χ1v) is 6.15. The van der Waals surface area contributed by atoms with Crippen molar-refractivity contribution in [3.8, 4) is 0 Å². The van der Waals surface area contributed by atoms with Crippen LogP contribution in [0, 0.1) is 0 Å². The van der Waals surface area contributed by atoms with E-state index in [2.05, 4.69) is 24.4 Å². The van der Waals surface area contributed by atoms with Gasteiger partial charge in [0.05, 0.1) is 13.2 Å². The molecule has 1 aliphatic rings. The van der Waals surface area contributed by atoms with Gasteiger partial charge in [-0.25, -0.2) is 0 Å². The Kier molecular flexibility index (Phi) is 3.97. The quantitative estimate of drug-likeness (QED) is 0.743. The van der Waals surface area contributed by atoms with Gasteiger partial charge in [0.2, 0.25) is 0 Å². The number of benzene rings is 1. The van der Waals surface area contributed by atoms with Crippen LogP contribution in [0.15, 0.2) is 30.3 Å². The van der Waals surface area contributed by atoms with Gasteiger partial charge in [-0.3, -0.25) is 0 Å². The molecule has 1 fully saturated rings. The molecule has 1 aromatic carbocycles. The highest BCUT2D eigenvalue weighted by atomic mass is 16.5. The summed E-state index contributed by atoms with van der Waals surface area (Å²) < 4.78 is 5.62. The molecule has 0 radical (unpaired) electrons. The van der Waals surface area contributed by atoms with Gasteiger partial charge in [0, 0.05) is 12.1 Å². The molecule has 16 heavy (non-hydrogen) atoms. The van der Waals surface area contributed by atoms with Crippen molar-refractivity contribution in [2.24, 2.45) is 0 Å². The fraction of sp³-hybridized carbons (Fsp3) is 0.571. The minimum absolute atomic E-state index is 0.399. The fourth-order valence-corrected chi connectivity index (χ4v) is 2.07. The lowest BCUT2D eigenvalue weighted by Gasteiger charge is -2.39. The van der Waals surface area contributed by atoms with Gasteiger partial charge in [0.1, 0.15) is 0 Å². The zero-order valence-electron chi connectivity index (χ0n) is 10.0. The molecule has 1 aliphatic carbocycles. The Balaban J connectivity index is 1.55. The van der Waals surface area contributed by atoms with Crippen LogP contribution in [0.3, 0.4) is 0 Å². The fourth-order valence-electron chi connectivity index (χ4n) is 2.07. The second-order valence-corrected chi connectivity index (χ2v) is 4.88. The predicted octanol–water partition coefficient (Wildman–Crippen LogP) is 2.74. The van der Waals surface area contributed by atoms with Crippen LogP contribution in [-0.2, 0) is 11.3 Å². The number of rotatable bonds is 6. The standard InChI is InChI=1S/C14H21NO/c1-14(8-5-9-14)15-10-11-16-12-13-6-3-2-4-7-13/h2-4,6-7,15H,5,8-12H2,1H3. The van der Waals surface area contributed by atoms with E-state index < -0.39 is 0 Å². The van der Waals surface area contributed by atoms with Gasteiger partial charge < -0.3 is 10.1 Å². The number of nitrogens with one attached hydrogen (secondary N) is 1. The third-order valence-corrected chi connectivity index (χ3v) is 3.37. The molecule has 88 valence electrons. The van der Waals surface area contributed by atoms with Crippen molar-refractivity contribution in [3.63, 3.8) is 0 Å². The molecular weight excluding hydrogens is 198 g/mol. The summed E-state index contributed by atoms with van der Waals surface area (Å²) in [6, 6.07) is 10.3. The highest BCUT2D eigenvalue weighted by molar-refractivity contribution is 5.13. The van der Waals surface area contributed by atoms with Crippen molar-refractivity contribution in [2.75, 3.05) is 13.2 Å². The number of ether oxygens (including phenoxy) is 1. The molecule has 0 unspecified atom stereocenters. The summed E-state index contributed by atoms with van der Waals surface area (Å²) in [7, 11) is 0. The van der Waals surface area contributed by atoms with Gasteiger partial charge in [0.25, 0.3) is 0 Å². The Bertz CT molecular complexity index is 306. The number of hydrogen-bond acceptors (Lipinski definition) is 2. The van der Waals surface area contributed by atoms with Crippen LogP contribution < -0.4 is 5.32 Å². The van der Waals surface area contributed by atoms with Gasteiger partial charge >= 0.3 is 0 Å². The molecule has 2 nitrogen and oxygen atoms in total. The Morgan fingerprint density at radius 1 is 1.25 bits per heavy atom. The maximum atomic E-state index is 5.62. The van der Waals surface area contributed by atoms with E-state index in [-0.39, 0.29) is 0 Å². The zero-order valence-corrected chi connectivity index (χ0v) is 10.0. The van der Waals surface area contributed by atoms with Crippen molar-refractivity contribution in [3.05, 3.63) is 35.9 Å². The van der Waals surface area contributed by atoms with E-state index in [0.717, 1.165) is 19.8 Å². The lowest BCUT2D eigenvalue weighted by Crippen LogP contribution is -2.49. The van der Waals surface area contributed by atoms with Crippen LogP contribution in [-0.4, -0.2) is 18.7 Å². The van der Waals surface area contributed by atoms with E-state index in [0.29, 0.717) is 5.54 Å². The van der Waals surface area contributed by atoms with E-state index in [9.17, 15) is 0 Å². The van der Waals surface area contributed by atoms with Crippen LogP contribution in [0.5, 0.6) is 0 Å². The third-order valence-electron chi connectivity index (χ3n) is 3.37. The Morgan fingerprint density at radius 2 is 2.00 bits per heavy atom. The molecule has 1 N–H and O–H groups in total. The maximum absolute atomic E-state index is 5.62. The van der Waals surface area contributed by atoms with Crippen LogP contribution in [0.1, 0.15) is 31.7 Å². The van der Waals surface area contributed by atoms with Crippen molar-refractivity contribution < 1.29 is 4.74 Å². The first-order chi connectivity index (χ1) is 7.79. The molecule has 2 rings (SSSR count). The largest absolute Gasteiger partial charge is 0.375 e. The lowest BCUT2D eigenvalue weighted by molar-refractivity contribution is 0.106. The van der Waals surface area contributed by atoms with Crippen molar-refractivity contribution in [1.82, 2.24) is 5.32 Å². The van der Waals surface area contributed by atoms with Crippen molar-refractivity contribution in [1.29, 1.82) is 0 Å². The topological polar surface area (TPSA) is 21.3 Å². The Morgan fingerprint density at radius 3 is 2.62 bits per heavy atom. The molecule has 1 saturated carbocycles. The highest BCUT2D eigenvalue weighted by Crippen LogP contribution is 2.30. The van der Waals surface area contributed by atoms with E-state index in [4.69, 9.17) is 4.74 Å². The summed E-state index contributed by atoms with van der Waals surface area (Å²) in [5, 5.41) is 3.56. The summed E-state index contributed by atoms with van der Waals surface area (Å²) in [6.07, 6.45) is 3.99. The van der Waals surface area contributed by atoms with Crippen molar-refractivity contribution in [2.45, 2.75) is 38.3 Å². The van der Waals surface area contributed by atoms with E-state index in [1.54, 1.807) is 0 Å². The summed E-state index contributed by atoms with van der Waals surface area (Å²) in [6.45, 7) is 4.78. The van der Waals surface area contributed by atoms with Gasteiger partial charge in [-0.1, -0.05) is 30.3 Å². The summed E-state index contributed by atoms with van der Waals surface area (Å²) in [5.41, 5.74) is 1.65. The van der Waals surface area contributed by atoms with Gasteiger partial charge in [0.15, 0.2) is 0 Å². The molecule has 0 heterocycles. The predicted molar refractivity (Wildman–Crippen MR) is 66.4 cm³/mol. The van der Waals surface area contributed by atoms with E-state index in [1.165, 1.54) is 24.8 Å². The summed E-state index contributed by atoms with van der Waals surface area (Å²) >= 11 is 0.